The molecule has 0 unspecified atom stereocenters. The highest BCUT2D eigenvalue weighted by molar-refractivity contribution is 5.74. The fourth-order valence-electron chi connectivity index (χ4n) is 2.07. The van der Waals surface area contributed by atoms with Crippen LogP contribution in [-0.2, 0) is 6.54 Å². The summed E-state index contributed by atoms with van der Waals surface area (Å²) in [7, 11) is 0. The molecule has 1 aromatic carbocycles. The largest absolute Gasteiger partial charge is 0.412 e. The second-order valence-corrected chi connectivity index (χ2v) is 5.08. The summed E-state index contributed by atoms with van der Waals surface area (Å²) in [6.45, 7) is 0.791. The maximum atomic E-state index is 13.1. The van der Waals surface area contributed by atoms with E-state index in [0.717, 1.165) is 24.3 Å². The van der Waals surface area contributed by atoms with E-state index in [1.54, 1.807) is 23.3 Å². The molecule has 0 aliphatic rings. The highest BCUT2D eigenvalue weighted by atomic mass is 19.4. The van der Waals surface area contributed by atoms with Crippen LogP contribution in [0.2, 0.25) is 0 Å². The molecule has 1 aromatic heterocycles. The Morgan fingerprint density at radius 2 is 1.96 bits per heavy atom. The highest BCUT2D eigenvalue weighted by Crippen LogP contribution is 2.32. The van der Waals surface area contributed by atoms with Crippen molar-refractivity contribution >= 4 is 6.03 Å². The zero-order valence-electron chi connectivity index (χ0n) is 12.6. The Hall–Kier alpha value is -2.58. The average Bonchev–Trinajstić information content (AvgIpc) is 3.02. The summed E-state index contributed by atoms with van der Waals surface area (Å²) < 4.78 is 53.9. The number of benzene rings is 1. The zero-order chi connectivity index (χ0) is 17.6. The fourth-order valence-corrected chi connectivity index (χ4v) is 2.07. The van der Waals surface area contributed by atoms with Gasteiger partial charge in [0.25, 0.3) is 0 Å². The molecule has 0 fully saturated rings. The van der Waals surface area contributed by atoms with E-state index in [4.69, 9.17) is 0 Å². The first-order chi connectivity index (χ1) is 11.4. The van der Waals surface area contributed by atoms with Crippen LogP contribution < -0.4 is 10.6 Å². The van der Waals surface area contributed by atoms with Crippen molar-refractivity contribution in [3.63, 3.8) is 0 Å². The number of aromatic nitrogens is 2. The van der Waals surface area contributed by atoms with Crippen LogP contribution in [0, 0.1) is 5.82 Å². The summed E-state index contributed by atoms with van der Waals surface area (Å²) in [6.07, 6.45) is 0.808. The standard InChI is InChI=1S/C15H16F4N4O/c16-12-4-2-11(3-5-12)13(15(17,18)19)22-14(24)21-6-1-8-23-9-7-20-10-23/h2-5,7,9-10,13H,1,6,8H2,(H2,21,22,24)/t13-/m1/s1. The molecule has 2 N–H and O–H groups in total. The van der Waals surface area contributed by atoms with E-state index in [2.05, 4.69) is 10.3 Å². The summed E-state index contributed by atoms with van der Waals surface area (Å²) in [5.41, 5.74) is -0.238. The maximum Gasteiger partial charge on any atom is 0.412 e. The Bertz CT molecular complexity index is 640. The SMILES string of the molecule is O=C(NCCCn1ccnc1)N[C@H](c1ccc(F)cc1)C(F)(F)F. The van der Waals surface area contributed by atoms with Crippen molar-refractivity contribution in [1.29, 1.82) is 0 Å². The summed E-state index contributed by atoms with van der Waals surface area (Å²) in [6, 6.07) is 0.677. The van der Waals surface area contributed by atoms with Gasteiger partial charge in [0.05, 0.1) is 6.33 Å². The normalized spacial score (nSPS) is 12.7. The molecule has 0 bridgehead atoms. The second kappa shape index (κ2) is 7.80. The van der Waals surface area contributed by atoms with E-state index in [1.807, 2.05) is 5.32 Å². The van der Waals surface area contributed by atoms with Crippen LogP contribution in [0.3, 0.4) is 0 Å². The van der Waals surface area contributed by atoms with Crippen molar-refractivity contribution in [2.75, 3.05) is 6.54 Å². The van der Waals surface area contributed by atoms with E-state index in [-0.39, 0.29) is 12.1 Å². The molecular weight excluding hydrogens is 328 g/mol. The lowest BCUT2D eigenvalue weighted by Gasteiger charge is -2.22. The minimum atomic E-state index is -4.69. The Morgan fingerprint density at radius 3 is 2.54 bits per heavy atom. The van der Waals surface area contributed by atoms with Gasteiger partial charge in [0.2, 0.25) is 0 Å². The number of hydrogen-bond acceptors (Lipinski definition) is 2. The van der Waals surface area contributed by atoms with Gasteiger partial charge in [-0.05, 0) is 24.1 Å². The molecular formula is C15H16F4N4O. The summed E-state index contributed by atoms with van der Waals surface area (Å²) >= 11 is 0. The van der Waals surface area contributed by atoms with Gasteiger partial charge in [-0.1, -0.05) is 12.1 Å². The van der Waals surface area contributed by atoms with Crippen LogP contribution in [0.1, 0.15) is 18.0 Å². The van der Waals surface area contributed by atoms with Gasteiger partial charge in [-0.25, -0.2) is 14.2 Å². The lowest BCUT2D eigenvalue weighted by molar-refractivity contribution is -0.154. The van der Waals surface area contributed by atoms with Gasteiger partial charge in [0, 0.05) is 25.5 Å². The quantitative estimate of drug-likeness (QED) is 0.625. The molecule has 0 saturated carbocycles. The van der Waals surface area contributed by atoms with E-state index in [0.29, 0.717) is 13.0 Å². The number of alkyl halides is 3. The number of halogens is 4. The summed E-state index contributed by atoms with van der Waals surface area (Å²) in [5, 5.41) is 4.24. The van der Waals surface area contributed by atoms with Gasteiger partial charge in [0.1, 0.15) is 5.82 Å². The van der Waals surface area contributed by atoms with Gasteiger partial charge >= 0.3 is 12.2 Å². The number of hydrogen-bond donors (Lipinski definition) is 2. The molecule has 9 heteroatoms. The van der Waals surface area contributed by atoms with Crippen LogP contribution in [0.15, 0.2) is 43.0 Å². The van der Waals surface area contributed by atoms with E-state index in [9.17, 15) is 22.4 Å². The summed E-state index contributed by atoms with van der Waals surface area (Å²) in [4.78, 5) is 15.5. The van der Waals surface area contributed by atoms with Gasteiger partial charge in [0.15, 0.2) is 6.04 Å². The molecule has 2 amide bonds. The van der Waals surface area contributed by atoms with E-state index >= 15 is 0 Å². The number of nitrogens with zero attached hydrogens (tertiary/aromatic N) is 2. The molecule has 0 saturated heterocycles. The number of nitrogens with one attached hydrogen (secondary N) is 2. The number of amides is 2. The molecule has 2 aromatic rings. The predicted octanol–water partition coefficient (Wildman–Crippen LogP) is 3.02. The van der Waals surface area contributed by atoms with Crippen molar-refractivity contribution < 1.29 is 22.4 Å². The van der Waals surface area contributed by atoms with Gasteiger partial charge in [-0.3, -0.25) is 0 Å². The first kappa shape index (κ1) is 17.8. The van der Waals surface area contributed by atoms with Crippen LogP contribution in [0.4, 0.5) is 22.4 Å². The van der Waals surface area contributed by atoms with Crippen LogP contribution in [0.5, 0.6) is 0 Å². The number of imidazole rings is 1. The van der Waals surface area contributed by atoms with Crippen molar-refractivity contribution in [2.24, 2.45) is 0 Å². The van der Waals surface area contributed by atoms with Crippen molar-refractivity contribution in [3.05, 3.63) is 54.4 Å². The number of carbonyl (C=O) groups excluding carboxylic acids is 1. The lowest BCUT2D eigenvalue weighted by atomic mass is 10.1. The fraction of sp³-hybridized carbons (Fsp3) is 0.333. The molecule has 2 rings (SSSR count). The molecule has 0 aliphatic heterocycles. The third-order valence-corrected chi connectivity index (χ3v) is 3.24. The van der Waals surface area contributed by atoms with Crippen molar-refractivity contribution in [1.82, 2.24) is 20.2 Å². The van der Waals surface area contributed by atoms with Crippen LogP contribution in [-0.4, -0.2) is 28.3 Å². The first-order valence-corrected chi connectivity index (χ1v) is 7.18. The predicted molar refractivity (Wildman–Crippen MR) is 78.6 cm³/mol. The molecule has 0 spiro atoms. The third kappa shape index (κ3) is 5.25. The summed E-state index contributed by atoms with van der Waals surface area (Å²) in [5.74, 6) is -0.649. The zero-order valence-corrected chi connectivity index (χ0v) is 12.6. The topological polar surface area (TPSA) is 59.0 Å². The minimum absolute atomic E-state index is 0.206. The van der Waals surface area contributed by atoms with Crippen LogP contribution in [0.25, 0.3) is 0 Å². The maximum absolute atomic E-state index is 13.1. The first-order valence-electron chi connectivity index (χ1n) is 7.18. The van der Waals surface area contributed by atoms with Crippen molar-refractivity contribution in [3.8, 4) is 0 Å². The van der Waals surface area contributed by atoms with E-state index in [1.165, 1.54) is 0 Å². The molecule has 1 heterocycles. The molecule has 1 atom stereocenters. The number of rotatable bonds is 6. The number of carbonyl (C=O) groups is 1. The molecule has 130 valence electrons. The van der Waals surface area contributed by atoms with Crippen molar-refractivity contribution in [2.45, 2.75) is 25.2 Å². The lowest BCUT2D eigenvalue weighted by Crippen LogP contribution is -2.43. The minimum Gasteiger partial charge on any atom is -0.338 e. The monoisotopic (exact) mass is 344 g/mol. The van der Waals surface area contributed by atoms with Crippen LogP contribution >= 0.6 is 0 Å². The average molecular weight is 344 g/mol. The van der Waals surface area contributed by atoms with Gasteiger partial charge < -0.3 is 15.2 Å². The van der Waals surface area contributed by atoms with Gasteiger partial charge in [-0.15, -0.1) is 0 Å². The smallest absolute Gasteiger partial charge is 0.338 e. The van der Waals surface area contributed by atoms with Gasteiger partial charge in [-0.2, -0.15) is 13.2 Å². The Balaban J connectivity index is 1.87. The molecule has 0 radical (unpaired) electrons. The Morgan fingerprint density at radius 1 is 1.25 bits per heavy atom. The third-order valence-electron chi connectivity index (χ3n) is 3.24. The number of aryl methyl sites for hydroxylation is 1. The molecule has 5 nitrogen and oxygen atoms in total. The molecule has 24 heavy (non-hydrogen) atoms. The highest BCUT2D eigenvalue weighted by Gasteiger charge is 2.41. The number of urea groups is 1. The second-order valence-electron chi connectivity index (χ2n) is 5.08. The Kier molecular flexibility index (Phi) is 5.78. The Labute approximate surface area is 135 Å². The molecule has 0 aliphatic carbocycles. The van der Waals surface area contributed by atoms with E-state index < -0.39 is 24.1 Å².